The van der Waals surface area contributed by atoms with Crippen molar-refractivity contribution in [3.8, 4) is 0 Å². The van der Waals surface area contributed by atoms with Crippen molar-refractivity contribution >= 4 is 56.6 Å². The average molecular weight is 941 g/mol. The van der Waals surface area contributed by atoms with Crippen molar-refractivity contribution in [3.05, 3.63) is 107 Å². The molecule has 1 atom stereocenters. The van der Waals surface area contributed by atoms with Crippen LogP contribution < -0.4 is 20.9 Å². The van der Waals surface area contributed by atoms with E-state index in [9.17, 15) is 36.9 Å². The van der Waals surface area contributed by atoms with Crippen LogP contribution in [0.4, 0.5) is 11.4 Å². The number of amides is 4. The topological polar surface area (TPSA) is 197 Å². The predicted octanol–water partition coefficient (Wildman–Crippen LogP) is 3.47. The van der Waals surface area contributed by atoms with Gasteiger partial charge in [0.05, 0.1) is 80.0 Å². The van der Waals surface area contributed by atoms with Crippen LogP contribution in [0.25, 0.3) is 0 Å². The minimum atomic E-state index is -4.95. The Morgan fingerprint density at radius 3 is 2.16 bits per heavy atom. The molecule has 3 N–H and O–H groups in total. The lowest BCUT2D eigenvalue weighted by molar-refractivity contribution is -0.870. The number of ether oxygens (including phenoxy) is 1. The van der Waals surface area contributed by atoms with Gasteiger partial charge in [0.1, 0.15) is 13.1 Å². The minimum Gasteiger partial charge on any atom is -0.748 e. The van der Waals surface area contributed by atoms with Crippen LogP contribution in [0.15, 0.2) is 95.4 Å². The molecule has 4 aliphatic rings. The number of para-hydroxylation sites is 2. The van der Waals surface area contributed by atoms with Crippen molar-refractivity contribution in [2.75, 3.05) is 84.8 Å². The van der Waals surface area contributed by atoms with E-state index in [0.717, 1.165) is 62.7 Å². The summed E-state index contributed by atoms with van der Waals surface area (Å²) < 4.78 is 45.5. The van der Waals surface area contributed by atoms with Gasteiger partial charge < -0.3 is 34.6 Å². The maximum atomic E-state index is 14.6. The van der Waals surface area contributed by atoms with Gasteiger partial charge in [0.25, 0.3) is 11.8 Å². The largest absolute Gasteiger partial charge is 0.748 e. The summed E-state index contributed by atoms with van der Waals surface area (Å²) in [6.07, 6.45) is 8.88. The summed E-state index contributed by atoms with van der Waals surface area (Å²) >= 11 is 0. The summed E-state index contributed by atoms with van der Waals surface area (Å²) in [6, 6.07) is 14.6. The van der Waals surface area contributed by atoms with E-state index in [4.69, 9.17) is 4.74 Å². The van der Waals surface area contributed by atoms with Gasteiger partial charge in [-0.2, -0.15) is 4.58 Å². The van der Waals surface area contributed by atoms with Crippen LogP contribution in [-0.2, 0) is 49.7 Å². The highest BCUT2D eigenvalue weighted by Gasteiger charge is 2.47. The number of imide groups is 1. The van der Waals surface area contributed by atoms with Crippen LogP contribution in [0.2, 0.25) is 0 Å². The highest BCUT2D eigenvalue weighted by atomic mass is 32.2. The first-order valence-electron chi connectivity index (χ1n) is 23.0. The SMILES string of the molecule is C[N+]1=C(/C=C2\C(=O)C(/C=C3/N(CCCC[N+](C)(C)C)c4ccccc4C3(C)C)=C2NC(CS(=O)(=O)[O-])C(=O)NCCCCC(=O)NCCOCCN2C(=O)C=CC2=O)C(C)(C)c2ccccc21. The number of ketones is 1. The second-order valence-electron chi connectivity index (χ2n) is 19.6. The number of unbranched alkanes of at least 4 members (excludes halogenated alkanes) is 2. The maximum Gasteiger partial charge on any atom is 0.253 e. The molecule has 17 heteroatoms. The molecule has 0 aromatic heterocycles. The highest BCUT2D eigenvalue weighted by molar-refractivity contribution is 7.85. The first kappa shape index (κ1) is 50.7. The fraction of sp³-hybridized carbons (Fsp3) is 0.480. The summed E-state index contributed by atoms with van der Waals surface area (Å²) in [4.78, 5) is 67.6. The number of Topliss-reactive ketones (excluding diaryl/α,β-unsaturated/α-hetero) is 1. The number of nitrogens with zero attached hydrogens (tertiary/aromatic N) is 4. The first-order valence-corrected chi connectivity index (χ1v) is 24.6. The van der Waals surface area contributed by atoms with Gasteiger partial charge in [0.2, 0.25) is 17.5 Å². The number of quaternary nitrogens is 1. The maximum absolute atomic E-state index is 14.6. The lowest BCUT2D eigenvalue weighted by atomic mass is 9.77. The standard InChI is InChI=1S/C50H65N7O9S/c1-49(2)36-17-9-11-19-39(36)54(5)41(49)31-34-46(35(47(34)61)32-42-50(3,4)37-18-10-12-20-40(37)55(42)26-15-16-28-57(6,7)8)53-38(33-67(63,64)65)48(62)52-24-14-13-21-43(58)51-25-29-66-30-27-56-44(59)22-23-45(56)60/h9-12,17-20,22-23,31-32,38H,13-16,21,24-30,33H2,1-8H3,(H2-2,51,52,53,58,61,62,63,64,65)/p+1. The Morgan fingerprint density at radius 2 is 1.49 bits per heavy atom. The van der Waals surface area contributed by atoms with Gasteiger partial charge in [-0.15, -0.1) is 0 Å². The normalized spacial score (nSPS) is 19.1. The molecule has 16 nitrogen and oxygen atoms in total. The Bertz CT molecular complexity index is 2550. The van der Waals surface area contributed by atoms with Crippen LogP contribution in [0.1, 0.15) is 70.9 Å². The van der Waals surface area contributed by atoms with E-state index in [1.165, 1.54) is 12.2 Å². The number of rotatable bonds is 23. The number of carbonyl (C=O) groups excluding carboxylic acids is 5. The fourth-order valence-electron chi connectivity index (χ4n) is 9.18. The summed E-state index contributed by atoms with van der Waals surface area (Å²) in [5.41, 5.74) is 5.73. The van der Waals surface area contributed by atoms with Gasteiger partial charge in [-0.25, -0.2) is 8.42 Å². The number of anilines is 1. The van der Waals surface area contributed by atoms with Crippen molar-refractivity contribution in [2.45, 2.75) is 76.7 Å². The summed E-state index contributed by atoms with van der Waals surface area (Å²) in [5.74, 6) is -3.10. The zero-order valence-electron chi connectivity index (χ0n) is 40.1. The Morgan fingerprint density at radius 1 is 0.821 bits per heavy atom. The number of allylic oxidation sites excluding steroid dienone is 5. The van der Waals surface area contributed by atoms with Crippen molar-refractivity contribution in [1.82, 2.24) is 20.9 Å². The average Bonchev–Trinajstić information content (AvgIpc) is 3.77. The van der Waals surface area contributed by atoms with E-state index in [1.807, 2.05) is 54.1 Å². The van der Waals surface area contributed by atoms with Gasteiger partial charge >= 0.3 is 0 Å². The molecule has 3 aliphatic heterocycles. The van der Waals surface area contributed by atoms with E-state index < -0.39 is 50.5 Å². The summed E-state index contributed by atoms with van der Waals surface area (Å²) in [5, 5.41) is 8.57. The summed E-state index contributed by atoms with van der Waals surface area (Å²) in [6.45, 7) is 10.8. The van der Waals surface area contributed by atoms with E-state index in [-0.39, 0.29) is 67.8 Å². The van der Waals surface area contributed by atoms with Crippen LogP contribution >= 0.6 is 0 Å². The van der Waals surface area contributed by atoms with Crippen molar-refractivity contribution < 1.29 is 50.7 Å². The molecule has 360 valence electrons. The Kier molecular flexibility index (Phi) is 15.6. The third-order valence-corrected chi connectivity index (χ3v) is 13.6. The third-order valence-electron chi connectivity index (χ3n) is 12.9. The molecule has 67 heavy (non-hydrogen) atoms. The number of fused-ring (bicyclic) bond motifs is 2. The lowest BCUT2D eigenvalue weighted by Gasteiger charge is -2.33. The van der Waals surface area contributed by atoms with Crippen molar-refractivity contribution in [3.63, 3.8) is 0 Å². The predicted molar refractivity (Wildman–Crippen MR) is 256 cm³/mol. The van der Waals surface area contributed by atoms with Gasteiger partial charge in [0, 0.05) is 78.3 Å². The van der Waals surface area contributed by atoms with E-state index in [0.29, 0.717) is 19.4 Å². The molecule has 2 aromatic carbocycles. The quantitative estimate of drug-likeness (QED) is 0.0369. The molecular formula is C50H66N7O9S+. The van der Waals surface area contributed by atoms with Gasteiger partial charge in [-0.1, -0.05) is 50.2 Å². The van der Waals surface area contributed by atoms with Gasteiger partial charge in [-0.05, 0) is 57.2 Å². The zero-order valence-corrected chi connectivity index (χ0v) is 40.9. The van der Waals surface area contributed by atoms with Crippen LogP contribution in [0.3, 0.4) is 0 Å². The molecule has 2 aromatic rings. The van der Waals surface area contributed by atoms with Crippen LogP contribution in [0.5, 0.6) is 0 Å². The van der Waals surface area contributed by atoms with Crippen LogP contribution in [-0.4, -0.2) is 148 Å². The Hall–Kier alpha value is -5.75. The minimum absolute atomic E-state index is 0.0946. The monoisotopic (exact) mass is 940 g/mol. The molecule has 1 unspecified atom stereocenters. The zero-order chi connectivity index (χ0) is 48.9. The van der Waals surface area contributed by atoms with Gasteiger partial charge in [-0.3, -0.25) is 28.9 Å². The van der Waals surface area contributed by atoms with E-state index >= 15 is 0 Å². The molecule has 6 rings (SSSR count). The number of nitrogens with one attached hydrogen (secondary N) is 3. The first-order chi connectivity index (χ1) is 31.5. The van der Waals surface area contributed by atoms with Crippen molar-refractivity contribution in [1.29, 1.82) is 0 Å². The smallest absolute Gasteiger partial charge is 0.253 e. The molecule has 1 aliphatic carbocycles. The second-order valence-corrected chi connectivity index (χ2v) is 21.0. The second kappa shape index (κ2) is 20.6. The van der Waals surface area contributed by atoms with E-state index in [2.05, 4.69) is 81.8 Å². The van der Waals surface area contributed by atoms with E-state index in [1.54, 1.807) is 6.08 Å². The molecule has 0 saturated heterocycles. The molecule has 4 amide bonds. The fourth-order valence-corrected chi connectivity index (χ4v) is 9.83. The number of carbonyl (C=O) groups is 5. The molecule has 0 spiro atoms. The molecule has 0 radical (unpaired) electrons. The lowest BCUT2D eigenvalue weighted by Crippen LogP contribution is -2.50. The third kappa shape index (κ3) is 11.9. The molecule has 3 heterocycles. The Labute approximate surface area is 394 Å². The molecule has 0 fully saturated rings. The molecular weight excluding hydrogens is 875 g/mol. The van der Waals surface area contributed by atoms with Crippen molar-refractivity contribution in [2.24, 2.45) is 0 Å². The molecule has 0 saturated carbocycles. The number of hydrogen-bond donors (Lipinski definition) is 3. The Balaban J connectivity index is 1.20. The van der Waals surface area contributed by atoms with Crippen LogP contribution in [0, 0.1) is 0 Å². The molecule has 0 bridgehead atoms. The van der Waals surface area contributed by atoms with Gasteiger partial charge in [0.15, 0.2) is 11.5 Å². The highest BCUT2D eigenvalue weighted by Crippen LogP contribution is 2.49. The number of hydrogen-bond acceptors (Lipinski definition) is 11. The summed E-state index contributed by atoms with van der Waals surface area (Å²) in [7, 11) is 3.48. The number of benzene rings is 2.